The summed E-state index contributed by atoms with van der Waals surface area (Å²) in [6.45, 7) is 7.32. The van der Waals surface area contributed by atoms with Crippen LogP contribution < -0.4 is 32.4 Å². The van der Waals surface area contributed by atoms with Crippen LogP contribution in [0.5, 0.6) is 0 Å². The lowest BCUT2D eigenvalue weighted by Crippen LogP contribution is -2.64. The van der Waals surface area contributed by atoms with Gasteiger partial charge in [-0.2, -0.15) is 5.26 Å². The van der Waals surface area contributed by atoms with Gasteiger partial charge in [0, 0.05) is 58.3 Å². The maximum atomic E-state index is 13.2. The molecule has 0 aromatic heterocycles. The molecule has 156 valence electrons. The van der Waals surface area contributed by atoms with Crippen LogP contribution in [0.1, 0.15) is 12.8 Å². The molecule has 4 aliphatic rings. The van der Waals surface area contributed by atoms with Gasteiger partial charge in [0.1, 0.15) is 0 Å². The number of hydrogen-bond donors (Lipinski definition) is 6. The molecule has 4 rings (SSSR count). The lowest BCUT2D eigenvalue weighted by Gasteiger charge is -2.43. The van der Waals surface area contributed by atoms with Crippen molar-refractivity contribution in [2.45, 2.75) is 37.3 Å². The van der Waals surface area contributed by atoms with Crippen LogP contribution >= 0.6 is 0 Å². The number of piperidine rings is 1. The first-order chi connectivity index (χ1) is 13.7. The summed E-state index contributed by atoms with van der Waals surface area (Å²) in [4.78, 5) is 15.7. The summed E-state index contributed by atoms with van der Waals surface area (Å²) in [6, 6.07) is 2.69. The van der Waals surface area contributed by atoms with E-state index in [0.717, 1.165) is 58.8 Å². The molecule has 0 saturated carbocycles. The minimum absolute atomic E-state index is 0.00701. The average molecular weight is 392 g/mol. The van der Waals surface area contributed by atoms with E-state index in [1.807, 2.05) is 5.01 Å². The molecule has 0 aromatic carbocycles. The predicted molar refractivity (Wildman–Crippen MR) is 104 cm³/mol. The Balaban J connectivity index is 1.39. The third-order valence-corrected chi connectivity index (χ3v) is 6.52. The normalized spacial score (nSPS) is 39.9. The fourth-order valence-electron chi connectivity index (χ4n) is 5.07. The van der Waals surface area contributed by atoms with Crippen molar-refractivity contribution in [3.8, 4) is 6.07 Å². The molecule has 4 fully saturated rings. The fourth-order valence-corrected chi connectivity index (χ4v) is 5.07. The third-order valence-electron chi connectivity index (χ3n) is 6.52. The number of carbonyl (C=O) groups is 1. The van der Waals surface area contributed by atoms with E-state index in [1.54, 1.807) is 0 Å². The van der Waals surface area contributed by atoms with Crippen molar-refractivity contribution in [3.63, 3.8) is 0 Å². The van der Waals surface area contributed by atoms with Crippen LogP contribution in [0.25, 0.3) is 0 Å². The Morgan fingerprint density at radius 2 is 2.04 bits per heavy atom. The summed E-state index contributed by atoms with van der Waals surface area (Å²) >= 11 is 0. The number of nitrogens with one attached hydrogen (secondary N) is 5. The number of nitrogens with two attached hydrogens (primary N) is 1. The second kappa shape index (κ2) is 9.00. The fraction of sp³-hybridized carbons (Fsp3) is 0.889. The Hall–Kier alpha value is -1.32. The Morgan fingerprint density at radius 3 is 2.82 bits per heavy atom. The molecule has 7 N–H and O–H groups in total. The van der Waals surface area contributed by atoms with E-state index < -0.39 is 6.17 Å². The molecule has 0 bridgehead atoms. The number of fused-ring (bicyclic) bond motifs is 1. The number of piperazine rings is 1. The molecule has 1 amide bonds. The number of nitriles is 1. The van der Waals surface area contributed by atoms with Crippen molar-refractivity contribution in [1.29, 1.82) is 5.26 Å². The average Bonchev–Trinajstić information content (AvgIpc) is 3.04. The molecule has 4 heterocycles. The molecule has 6 unspecified atom stereocenters. The molecule has 4 aliphatic heterocycles. The van der Waals surface area contributed by atoms with Crippen LogP contribution in [0.4, 0.5) is 0 Å². The van der Waals surface area contributed by atoms with Crippen LogP contribution in [0, 0.1) is 23.2 Å². The Bertz CT molecular complexity index is 590. The molecule has 6 atom stereocenters. The number of rotatable bonds is 4. The van der Waals surface area contributed by atoms with E-state index in [1.165, 1.54) is 0 Å². The maximum absolute atomic E-state index is 13.2. The summed E-state index contributed by atoms with van der Waals surface area (Å²) < 4.78 is 0. The summed E-state index contributed by atoms with van der Waals surface area (Å²) in [5, 5.41) is 24.5. The van der Waals surface area contributed by atoms with Crippen molar-refractivity contribution in [1.82, 2.24) is 36.6 Å². The van der Waals surface area contributed by atoms with Gasteiger partial charge in [0.05, 0.1) is 30.4 Å². The van der Waals surface area contributed by atoms with E-state index >= 15 is 0 Å². The minimum Gasteiger partial charge on any atom is -0.350 e. The van der Waals surface area contributed by atoms with Crippen molar-refractivity contribution >= 4 is 5.91 Å². The first-order valence-corrected chi connectivity index (χ1v) is 10.5. The van der Waals surface area contributed by atoms with Gasteiger partial charge >= 0.3 is 0 Å². The van der Waals surface area contributed by atoms with Crippen LogP contribution in [0.2, 0.25) is 0 Å². The summed E-state index contributed by atoms with van der Waals surface area (Å²) in [7, 11) is 0. The summed E-state index contributed by atoms with van der Waals surface area (Å²) in [6.07, 6.45) is 1.000. The van der Waals surface area contributed by atoms with E-state index in [4.69, 9.17) is 11.0 Å². The number of carbonyl (C=O) groups excluding carboxylic acids is 1. The molecular weight excluding hydrogens is 358 g/mol. The van der Waals surface area contributed by atoms with Gasteiger partial charge in [0.2, 0.25) is 5.91 Å². The highest BCUT2D eigenvalue weighted by atomic mass is 16.2. The quantitative estimate of drug-likeness (QED) is 0.295. The topological polar surface area (TPSA) is 134 Å². The van der Waals surface area contributed by atoms with Crippen LogP contribution in [0.15, 0.2) is 0 Å². The maximum Gasteiger partial charge on any atom is 0.229 e. The lowest BCUT2D eigenvalue weighted by atomic mass is 9.95. The zero-order valence-corrected chi connectivity index (χ0v) is 16.4. The zero-order valence-electron chi connectivity index (χ0n) is 16.4. The number of nitrogens with zero attached hydrogens (tertiary/aromatic N) is 3. The van der Waals surface area contributed by atoms with Gasteiger partial charge in [-0.1, -0.05) is 0 Å². The molecule has 10 nitrogen and oxygen atoms in total. The molecule has 0 radical (unpaired) electrons. The highest BCUT2D eigenvalue weighted by molar-refractivity contribution is 5.81. The van der Waals surface area contributed by atoms with Gasteiger partial charge in [-0.15, -0.1) is 0 Å². The van der Waals surface area contributed by atoms with Gasteiger partial charge in [-0.05, 0) is 18.9 Å². The van der Waals surface area contributed by atoms with Gasteiger partial charge in [-0.25, -0.2) is 10.4 Å². The number of hydrogen-bond acceptors (Lipinski definition) is 9. The molecule has 10 heteroatoms. The Morgan fingerprint density at radius 1 is 1.21 bits per heavy atom. The van der Waals surface area contributed by atoms with Gasteiger partial charge < -0.3 is 21.7 Å². The van der Waals surface area contributed by atoms with Crippen molar-refractivity contribution < 1.29 is 4.79 Å². The van der Waals surface area contributed by atoms with Crippen molar-refractivity contribution in [3.05, 3.63) is 0 Å². The van der Waals surface area contributed by atoms with Gasteiger partial charge in [-0.3, -0.25) is 15.0 Å². The molecule has 0 aliphatic carbocycles. The number of amides is 1. The highest BCUT2D eigenvalue weighted by Gasteiger charge is 2.47. The van der Waals surface area contributed by atoms with E-state index in [9.17, 15) is 4.79 Å². The van der Waals surface area contributed by atoms with Crippen LogP contribution in [-0.4, -0.2) is 92.6 Å². The predicted octanol–water partition coefficient (Wildman–Crippen LogP) is -3.08. The van der Waals surface area contributed by atoms with Crippen molar-refractivity contribution in [2.75, 3.05) is 52.4 Å². The third kappa shape index (κ3) is 4.16. The minimum atomic E-state index is -0.424. The van der Waals surface area contributed by atoms with E-state index in [-0.39, 0.29) is 30.0 Å². The monoisotopic (exact) mass is 391 g/mol. The van der Waals surface area contributed by atoms with Crippen LogP contribution in [0.3, 0.4) is 0 Å². The van der Waals surface area contributed by atoms with Gasteiger partial charge in [0.25, 0.3) is 0 Å². The highest BCUT2D eigenvalue weighted by Crippen LogP contribution is 2.24. The first kappa shape index (κ1) is 20.0. The van der Waals surface area contributed by atoms with E-state index in [2.05, 4.69) is 37.7 Å². The summed E-state index contributed by atoms with van der Waals surface area (Å²) in [5.74, 6) is -0.0939. The first-order valence-electron chi connectivity index (χ1n) is 10.5. The summed E-state index contributed by atoms with van der Waals surface area (Å²) in [5.41, 5.74) is 9.52. The van der Waals surface area contributed by atoms with Crippen molar-refractivity contribution in [2.24, 2.45) is 17.6 Å². The molecular formula is C18H33N9O. The largest absolute Gasteiger partial charge is 0.350 e. The smallest absolute Gasteiger partial charge is 0.229 e. The standard InChI is InChI=1S/C18H33N9O/c19-3-1-12-9-23-17-15(16(20)25-27(17)11-12)18(28)24-13-10-22-4-2-14(13)26-7-5-21-6-8-26/h12-17,21-23,25H,1-2,4-11,20H2,(H,24,28). The zero-order chi connectivity index (χ0) is 19.5. The Kier molecular flexibility index (Phi) is 6.42. The van der Waals surface area contributed by atoms with Crippen LogP contribution in [-0.2, 0) is 4.79 Å². The molecule has 0 aromatic rings. The molecule has 28 heavy (non-hydrogen) atoms. The van der Waals surface area contributed by atoms with Gasteiger partial charge in [0.15, 0.2) is 0 Å². The molecule has 0 spiro atoms. The lowest BCUT2D eigenvalue weighted by molar-refractivity contribution is -0.128. The van der Waals surface area contributed by atoms with E-state index in [0.29, 0.717) is 12.5 Å². The molecule has 4 saturated heterocycles. The Labute approximate surface area is 166 Å². The SMILES string of the molecule is N#CCC1CNC2C(C(=O)NC3CNCCC3N3CCNCC3)C(N)NN2C1. The second-order valence-electron chi connectivity index (χ2n) is 8.38. The second-order valence-corrected chi connectivity index (χ2v) is 8.38. The number of hydrazine groups is 1.